The van der Waals surface area contributed by atoms with Gasteiger partial charge in [0.2, 0.25) is 0 Å². The van der Waals surface area contributed by atoms with Crippen LogP contribution in [0.15, 0.2) is 97.2 Å². The van der Waals surface area contributed by atoms with E-state index in [-0.39, 0.29) is 0 Å². The minimum absolute atomic E-state index is 0.855. The third kappa shape index (κ3) is 2.50. The first-order valence-corrected chi connectivity index (χ1v) is 8.67. The van der Waals surface area contributed by atoms with Gasteiger partial charge in [-0.2, -0.15) is 0 Å². The van der Waals surface area contributed by atoms with E-state index in [2.05, 4.69) is 70.5 Å². The maximum Gasteiger partial charge on any atom is 0.155 e. The highest BCUT2D eigenvalue weighted by Crippen LogP contribution is 2.30. The van der Waals surface area contributed by atoms with E-state index >= 15 is 0 Å². The fourth-order valence-electron chi connectivity index (χ4n) is 3.32. The van der Waals surface area contributed by atoms with Crippen molar-refractivity contribution < 1.29 is 0 Å². The second kappa shape index (κ2) is 6.05. The lowest BCUT2D eigenvalue weighted by Gasteiger charge is -2.11. The van der Waals surface area contributed by atoms with Crippen LogP contribution in [0.25, 0.3) is 27.7 Å². The molecule has 5 rings (SSSR count). The summed E-state index contributed by atoms with van der Waals surface area (Å²) in [6.45, 7) is 0. The number of para-hydroxylation sites is 2. The molecule has 0 atom stereocenters. The van der Waals surface area contributed by atoms with Crippen molar-refractivity contribution in [2.24, 2.45) is 0 Å². The third-order valence-electron chi connectivity index (χ3n) is 4.58. The van der Waals surface area contributed by atoms with Gasteiger partial charge in [0.25, 0.3) is 0 Å². The molecule has 0 fully saturated rings. The van der Waals surface area contributed by atoms with E-state index in [4.69, 9.17) is 4.98 Å². The van der Waals surface area contributed by atoms with Gasteiger partial charge in [-0.25, -0.2) is 4.98 Å². The fraction of sp³-hybridized carbons (Fsp3) is 0. The average molecular weight is 335 g/mol. The summed E-state index contributed by atoms with van der Waals surface area (Å²) in [5.74, 6) is 0.855. The normalized spacial score (nSPS) is 11.1. The zero-order valence-electron chi connectivity index (χ0n) is 14.1. The van der Waals surface area contributed by atoms with Crippen LogP contribution in [0.1, 0.15) is 0 Å². The molecule has 0 amide bonds. The van der Waals surface area contributed by atoms with Crippen LogP contribution in [0.4, 0.5) is 11.5 Å². The lowest BCUT2D eigenvalue weighted by molar-refractivity contribution is 1.18. The van der Waals surface area contributed by atoms with Crippen LogP contribution in [0.3, 0.4) is 0 Å². The Morgan fingerprint density at radius 2 is 1.38 bits per heavy atom. The second-order valence-corrected chi connectivity index (χ2v) is 6.29. The van der Waals surface area contributed by atoms with Gasteiger partial charge in [-0.15, -0.1) is 0 Å². The highest BCUT2D eigenvalue weighted by Gasteiger charge is 2.11. The number of nitrogens with zero attached hydrogens (tertiary/aromatic N) is 2. The van der Waals surface area contributed by atoms with Gasteiger partial charge in [0, 0.05) is 22.8 Å². The Hall–Kier alpha value is -3.59. The molecule has 0 unspecified atom stereocenters. The zero-order valence-corrected chi connectivity index (χ0v) is 14.1. The maximum absolute atomic E-state index is 4.93. The second-order valence-electron chi connectivity index (χ2n) is 6.29. The van der Waals surface area contributed by atoms with E-state index < -0.39 is 0 Å². The van der Waals surface area contributed by atoms with E-state index in [1.807, 2.05) is 36.4 Å². The first-order chi connectivity index (χ1) is 12.9. The number of benzene rings is 3. The Kier molecular flexibility index (Phi) is 3.42. The van der Waals surface area contributed by atoms with Crippen LogP contribution in [-0.4, -0.2) is 9.38 Å². The van der Waals surface area contributed by atoms with E-state index in [0.29, 0.717) is 0 Å². The molecule has 0 saturated heterocycles. The predicted molar refractivity (Wildman–Crippen MR) is 108 cm³/mol. The molecular formula is C23H17N3. The number of nitrogens with one attached hydrogen (secondary N) is 1. The van der Waals surface area contributed by atoms with Gasteiger partial charge in [0.15, 0.2) is 5.82 Å². The topological polar surface area (TPSA) is 29.3 Å². The smallest absolute Gasteiger partial charge is 0.155 e. The minimum atomic E-state index is 0.855. The van der Waals surface area contributed by atoms with Gasteiger partial charge in [-0.1, -0.05) is 66.7 Å². The van der Waals surface area contributed by atoms with E-state index in [0.717, 1.165) is 28.3 Å². The highest BCUT2D eigenvalue weighted by atomic mass is 15.1. The van der Waals surface area contributed by atoms with E-state index in [1.54, 1.807) is 0 Å². The van der Waals surface area contributed by atoms with Gasteiger partial charge in [0.05, 0.1) is 16.7 Å². The van der Waals surface area contributed by atoms with Crippen molar-refractivity contribution in [3.63, 3.8) is 0 Å². The Morgan fingerprint density at radius 1 is 0.692 bits per heavy atom. The van der Waals surface area contributed by atoms with Gasteiger partial charge >= 0.3 is 0 Å². The van der Waals surface area contributed by atoms with Crippen molar-refractivity contribution in [2.45, 2.75) is 0 Å². The number of hydrogen-bond acceptors (Lipinski definition) is 2. The average Bonchev–Trinajstić information content (AvgIpc) is 3.09. The molecule has 0 aliphatic carbocycles. The maximum atomic E-state index is 4.93. The first kappa shape index (κ1) is 14.7. The standard InChI is InChI=1S/C23H17N3/c1-3-9-17(10-4-1)20-16-26-21-14-8-7-11-18(21)15-22(26)23(25-20)24-19-12-5-2-6-13-19/h1-16H,(H,24,25). The third-order valence-corrected chi connectivity index (χ3v) is 4.58. The number of rotatable bonds is 3. The molecular weight excluding hydrogens is 318 g/mol. The fourth-order valence-corrected chi connectivity index (χ4v) is 3.32. The summed E-state index contributed by atoms with van der Waals surface area (Å²) in [7, 11) is 0. The summed E-state index contributed by atoms with van der Waals surface area (Å²) in [6, 6.07) is 31.0. The largest absolute Gasteiger partial charge is 0.338 e. The van der Waals surface area contributed by atoms with Crippen LogP contribution in [0.2, 0.25) is 0 Å². The summed E-state index contributed by atoms with van der Waals surface area (Å²) >= 11 is 0. The lowest BCUT2D eigenvalue weighted by atomic mass is 10.1. The molecule has 1 N–H and O–H groups in total. The van der Waals surface area contributed by atoms with Crippen LogP contribution in [0.5, 0.6) is 0 Å². The van der Waals surface area contributed by atoms with Crippen LogP contribution < -0.4 is 5.32 Å². The Balaban J connectivity index is 1.78. The summed E-state index contributed by atoms with van der Waals surface area (Å²) in [5, 5.41) is 4.69. The summed E-state index contributed by atoms with van der Waals surface area (Å²) in [6.07, 6.45) is 2.11. The molecule has 2 aromatic heterocycles. The summed E-state index contributed by atoms with van der Waals surface area (Å²) in [5.41, 5.74) is 5.31. The minimum Gasteiger partial charge on any atom is -0.338 e. The van der Waals surface area contributed by atoms with Crippen LogP contribution in [-0.2, 0) is 0 Å². The van der Waals surface area contributed by atoms with Gasteiger partial charge in [0.1, 0.15) is 0 Å². The lowest BCUT2D eigenvalue weighted by Crippen LogP contribution is -1.99. The molecule has 124 valence electrons. The number of hydrogen-bond donors (Lipinski definition) is 1. The molecule has 0 aliphatic rings. The Bertz CT molecular complexity index is 1190. The number of aromatic nitrogens is 2. The van der Waals surface area contributed by atoms with E-state index in [9.17, 15) is 0 Å². The molecule has 0 aliphatic heterocycles. The molecule has 0 radical (unpaired) electrons. The Labute approximate surface area is 151 Å². The monoisotopic (exact) mass is 335 g/mol. The van der Waals surface area contributed by atoms with Crippen molar-refractivity contribution in [3.8, 4) is 11.3 Å². The van der Waals surface area contributed by atoms with Crippen molar-refractivity contribution in [1.82, 2.24) is 9.38 Å². The van der Waals surface area contributed by atoms with Crippen molar-refractivity contribution in [3.05, 3.63) is 97.2 Å². The summed E-state index contributed by atoms with van der Waals surface area (Å²) < 4.78 is 2.22. The van der Waals surface area contributed by atoms with Crippen molar-refractivity contribution in [2.75, 3.05) is 5.32 Å². The molecule has 3 nitrogen and oxygen atoms in total. The molecule has 3 heteroatoms. The van der Waals surface area contributed by atoms with Crippen LogP contribution >= 0.6 is 0 Å². The molecule has 3 aromatic carbocycles. The zero-order chi connectivity index (χ0) is 17.3. The molecule has 2 heterocycles. The van der Waals surface area contributed by atoms with Gasteiger partial charge in [-0.3, -0.25) is 0 Å². The van der Waals surface area contributed by atoms with E-state index in [1.165, 1.54) is 10.9 Å². The first-order valence-electron chi connectivity index (χ1n) is 8.67. The van der Waals surface area contributed by atoms with Crippen molar-refractivity contribution in [1.29, 1.82) is 0 Å². The predicted octanol–water partition coefficient (Wildman–Crippen LogP) is 5.90. The number of anilines is 2. The quantitative estimate of drug-likeness (QED) is 0.445. The number of fused-ring (bicyclic) bond motifs is 3. The molecule has 0 saturated carbocycles. The molecule has 26 heavy (non-hydrogen) atoms. The molecule has 5 aromatic rings. The molecule has 0 spiro atoms. The Morgan fingerprint density at radius 3 is 2.19 bits per heavy atom. The molecule has 0 bridgehead atoms. The summed E-state index contributed by atoms with van der Waals surface area (Å²) in [4.78, 5) is 4.93. The van der Waals surface area contributed by atoms with Crippen molar-refractivity contribution >= 4 is 27.9 Å². The SMILES string of the molecule is c1ccc(Nc2nc(-c3ccccc3)cn3c2cc2ccccc23)cc1. The van der Waals surface area contributed by atoms with Crippen LogP contribution in [0, 0.1) is 0 Å². The van der Waals surface area contributed by atoms with Gasteiger partial charge in [-0.05, 0) is 24.3 Å². The highest BCUT2D eigenvalue weighted by molar-refractivity contribution is 5.92. The van der Waals surface area contributed by atoms with Gasteiger partial charge < -0.3 is 9.72 Å².